The number of benzene rings is 1. The van der Waals surface area contributed by atoms with Gasteiger partial charge >= 0.3 is 0 Å². The van der Waals surface area contributed by atoms with Gasteiger partial charge in [-0.15, -0.1) is 11.3 Å². The van der Waals surface area contributed by atoms with Crippen LogP contribution in [-0.2, 0) is 6.42 Å². The van der Waals surface area contributed by atoms with Crippen molar-refractivity contribution in [1.82, 2.24) is 0 Å². The van der Waals surface area contributed by atoms with E-state index >= 15 is 0 Å². The average Bonchev–Trinajstić information content (AvgIpc) is 2.85. The summed E-state index contributed by atoms with van der Waals surface area (Å²) in [5.41, 5.74) is 0.699. The summed E-state index contributed by atoms with van der Waals surface area (Å²) in [5.74, 6) is 0. The maximum Gasteiger partial charge on any atom is 0.0729 e. The van der Waals surface area contributed by atoms with Crippen molar-refractivity contribution in [3.05, 3.63) is 51.1 Å². The molecule has 2 aromatic rings. The van der Waals surface area contributed by atoms with Crippen molar-refractivity contribution in [2.45, 2.75) is 24.9 Å². The first kappa shape index (κ1) is 14.1. The van der Waals surface area contributed by atoms with Crippen molar-refractivity contribution < 1.29 is 5.11 Å². The molecule has 2 nitrogen and oxygen atoms in total. The van der Waals surface area contributed by atoms with E-state index in [-0.39, 0.29) is 0 Å². The average molecular weight is 352 g/mol. The van der Waals surface area contributed by atoms with Crippen LogP contribution in [0.2, 0.25) is 0 Å². The minimum Gasteiger partial charge on any atom is -0.389 e. The minimum atomic E-state index is -0.557. The molecule has 1 saturated heterocycles. The Labute approximate surface area is 132 Å². The highest BCUT2D eigenvalue weighted by atomic mass is 79.9. The quantitative estimate of drug-likeness (QED) is 0.900. The second-order valence-corrected chi connectivity index (χ2v) is 7.27. The van der Waals surface area contributed by atoms with E-state index in [4.69, 9.17) is 0 Å². The summed E-state index contributed by atoms with van der Waals surface area (Å²) in [6, 6.07) is 12.5. The maximum absolute atomic E-state index is 10.8. The van der Waals surface area contributed by atoms with Crippen molar-refractivity contribution >= 4 is 33.0 Å². The maximum atomic E-state index is 10.8. The van der Waals surface area contributed by atoms with E-state index in [0.717, 1.165) is 36.8 Å². The first-order valence-electron chi connectivity index (χ1n) is 6.91. The highest BCUT2D eigenvalue weighted by molar-refractivity contribution is 9.10. The molecule has 0 bridgehead atoms. The SMILES string of the molecule is OC1(Cc2sccc2Br)CCN(c2ccccc2)CC1. The summed E-state index contributed by atoms with van der Waals surface area (Å²) in [6.07, 6.45) is 2.41. The van der Waals surface area contributed by atoms with Gasteiger partial charge in [0.2, 0.25) is 0 Å². The monoisotopic (exact) mass is 351 g/mol. The zero-order valence-electron chi connectivity index (χ0n) is 11.3. The third-order valence-electron chi connectivity index (χ3n) is 4.00. The van der Waals surface area contributed by atoms with Gasteiger partial charge < -0.3 is 10.0 Å². The fourth-order valence-corrected chi connectivity index (χ4v) is 4.38. The summed E-state index contributed by atoms with van der Waals surface area (Å²) in [4.78, 5) is 3.61. The summed E-state index contributed by atoms with van der Waals surface area (Å²) >= 11 is 5.27. The van der Waals surface area contributed by atoms with E-state index in [1.165, 1.54) is 10.6 Å². The van der Waals surface area contributed by atoms with Gasteiger partial charge in [0.15, 0.2) is 0 Å². The minimum absolute atomic E-state index is 0.557. The number of nitrogens with zero attached hydrogens (tertiary/aromatic N) is 1. The van der Waals surface area contributed by atoms with Gasteiger partial charge in [0.05, 0.1) is 5.60 Å². The Morgan fingerprint density at radius 1 is 1.15 bits per heavy atom. The highest BCUT2D eigenvalue weighted by Crippen LogP contribution is 2.33. The third-order valence-corrected chi connectivity index (χ3v) is 5.92. The van der Waals surface area contributed by atoms with Crippen molar-refractivity contribution in [2.24, 2.45) is 0 Å². The molecular formula is C16H18BrNOS. The fraction of sp³-hybridized carbons (Fsp3) is 0.375. The predicted octanol–water partition coefficient (Wildman–Crippen LogP) is 4.08. The molecule has 1 N–H and O–H groups in total. The molecule has 4 heteroatoms. The third kappa shape index (κ3) is 3.08. The number of para-hydroxylation sites is 1. The van der Waals surface area contributed by atoms with Crippen molar-refractivity contribution in [3.63, 3.8) is 0 Å². The number of hydrogen-bond acceptors (Lipinski definition) is 3. The van der Waals surface area contributed by atoms with Gasteiger partial charge in [-0.1, -0.05) is 18.2 Å². The van der Waals surface area contributed by atoms with Gasteiger partial charge in [0.25, 0.3) is 0 Å². The summed E-state index contributed by atoms with van der Waals surface area (Å²) in [5, 5.41) is 12.9. The number of halogens is 1. The molecule has 0 saturated carbocycles. The summed E-state index contributed by atoms with van der Waals surface area (Å²) in [7, 11) is 0. The van der Waals surface area contributed by atoms with Gasteiger partial charge in [0.1, 0.15) is 0 Å². The molecule has 1 aliphatic heterocycles. The Bertz CT molecular complexity index is 561. The molecule has 1 fully saturated rings. The Hall–Kier alpha value is -0.840. The molecule has 1 aliphatic rings. The zero-order chi connectivity index (χ0) is 14.0. The van der Waals surface area contributed by atoms with Crippen molar-refractivity contribution in [3.8, 4) is 0 Å². The number of anilines is 1. The molecule has 0 spiro atoms. The number of hydrogen-bond donors (Lipinski definition) is 1. The van der Waals surface area contributed by atoms with Gasteiger partial charge in [-0.2, -0.15) is 0 Å². The van der Waals surface area contributed by atoms with E-state index < -0.39 is 5.60 Å². The lowest BCUT2D eigenvalue weighted by Crippen LogP contribution is -2.45. The smallest absolute Gasteiger partial charge is 0.0729 e. The first-order chi connectivity index (χ1) is 9.66. The van der Waals surface area contributed by atoms with Crippen LogP contribution in [0.4, 0.5) is 5.69 Å². The van der Waals surface area contributed by atoms with Crippen LogP contribution in [0, 0.1) is 0 Å². The van der Waals surface area contributed by atoms with Crippen LogP contribution in [0.15, 0.2) is 46.3 Å². The second kappa shape index (κ2) is 5.88. The molecule has 3 rings (SSSR count). The zero-order valence-corrected chi connectivity index (χ0v) is 13.7. The van der Waals surface area contributed by atoms with Crippen LogP contribution in [0.5, 0.6) is 0 Å². The lowest BCUT2D eigenvalue weighted by Gasteiger charge is -2.39. The van der Waals surface area contributed by atoms with Gasteiger partial charge in [-0.25, -0.2) is 0 Å². The normalized spacial score (nSPS) is 18.2. The largest absolute Gasteiger partial charge is 0.389 e. The van der Waals surface area contributed by atoms with Crippen LogP contribution in [-0.4, -0.2) is 23.8 Å². The summed E-state index contributed by atoms with van der Waals surface area (Å²) < 4.78 is 1.13. The molecule has 2 heterocycles. The van der Waals surface area contributed by atoms with E-state index in [1.807, 2.05) is 6.07 Å². The van der Waals surface area contributed by atoms with Crippen molar-refractivity contribution in [2.75, 3.05) is 18.0 Å². The Morgan fingerprint density at radius 3 is 2.45 bits per heavy atom. The predicted molar refractivity (Wildman–Crippen MR) is 88.6 cm³/mol. The van der Waals surface area contributed by atoms with E-state index in [1.54, 1.807) is 11.3 Å². The summed E-state index contributed by atoms with van der Waals surface area (Å²) in [6.45, 7) is 1.84. The lowest BCUT2D eigenvalue weighted by molar-refractivity contribution is 0.0171. The van der Waals surface area contributed by atoms with Crippen LogP contribution >= 0.6 is 27.3 Å². The Balaban J connectivity index is 1.64. The highest BCUT2D eigenvalue weighted by Gasteiger charge is 2.33. The van der Waals surface area contributed by atoms with Crippen LogP contribution < -0.4 is 4.90 Å². The standard InChI is InChI=1S/C16H18BrNOS/c17-14-6-11-20-15(14)12-16(19)7-9-18(10-8-16)13-4-2-1-3-5-13/h1-6,11,19H,7-10,12H2. The fourth-order valence-electron chi connectivity index (χ4n) is 2.75. The molecule has 0 aliphatic carbocycles. The van der Waals surface area contributed by atoms with Crippen molar-refractivity contribution in [1.29, 1.82) is 0 Å². The number of aliphatic hydroxyl groups is 1. The first-order valence-corrected chi connectivity index (χ1v) is 8.58. The van der Waals surface area contributed by atoms with Gasteiger partial charge in [-0.05, 0) is 52.4 Å². The van der Waals surface area contributed by atoms with Crippen LogP contribution in [0.3, 0.4) is 0 Å². The molecule has 20 heavy (non-hydrogen) atoms. The number of piperidine rings is 1. The van der Waals surface area contributed by atoms with E-state index in [9.17, 15) is 5.11 Å². The molecule has 0 atom stereocenters. The lowest BCUT2D eigenvalue weighted by atomic mass is 9.87. The van der Waals surface area contributed by atoms with E-state index in [0.29, 0.717) is 0 Å². The molecule has 0 amide bonds. The van der Waals surface area contributed by atoms with Gasteiger partial charge in [0, 0.05) is 34.5 Å². The van der Waals surface area contributed by atoms with Crippen LogP contribution in [0.25, 0.3) is 0 Å². The molecule has 106 valence electrons. The number of thiophene rings is 1. The Morgan fingerprint density at radius 2 is 1.85 bits per heavy atom. The topological polar surface area (TPSA) is 23.5 Å². The number of rotatable bonds is 3. The second-order valence-electron chi connectivity index (χ2n) is 5.42. The van der Waals surface area contributed by atoms with Crippen LogP contribution in [0.1, 0.15) is 17.7 Å². The Kier molecular flexibility index (Phi) is 4.15. The molecular weight excluding hydrogens is 334 g/mol. The molecule has 0 unspecified atom stereocenters. The molecule has 1 aromatic heterocycles. The van der Waals surface area contributed by atoms with Gasteiger partial charge in [-0.3, -0.25) is 0 Å². The molecule has 1 aromatic carbocycles. The molecule has 0 radical (unpaired) electrons. The van der Waals surface area contributed by atoms with E-state index in [2.05, 4.69) is 56.5 Å².